The van der Waals surface area contributed by atoms with Gasteiger partial charge in [0.05, 0.1) is 7.11 Å². The summed E-state index contributed by atoms with van der Waals surface area (Å²) in [5.74, 6) is 0.444. The number of methoxy groups -OCH3 is 1. The van der Waals surface area contributed by atoms with Crippen LogP contribution in [0.4, 0.5) is 0 Å². The second-order valence-corrected chi connectivity index (χ2v) is 12.5. The molecule has 0 spiro atoms. The summed E-state index contributed by atoms with van der Waals surface area (Å²) >= 11 is 1.76. The van der Waals surface area contributed by atoms with E-state index in [1.54, 1.807) is 35.5 Å². The van der Waals surface area contributed by atoms with Gasteiger partial charge < -0.3 is 20.7 Å². The van der Waals surface area contributed by atoms with Gasteiger partial charge in [-0.1, -0.05) is 42.0 Å². The largest absolute Gasteiger partial charge is 0.497 e. The van der Waals surface area contributed by atoms with Crippen LogP contribution in [0.15, 0.2) is 66.0 Å². The predicted molar refractivity (Wildman–Crippen MR) is 164 cm³/mol. The molecule has 2 heterocycles. The van der Waals surface area contributed by atoms with E-state index in [2.05, 4.69) is 58.9 Å². The minimum Gasteiger partial charge on any atom is -0.497 e. The predicted octanol–water partition coefficient (Wildman–Crippen LogP) is 5.13. The van der Waals surface area contributed by atoms with Crippen LogP contribution in [0.1, 0.15) is 64.9 Å². The summed E-state index contributed by atoms with van der Waals surface area (Å²) in [6, 6.07) is 20.1. The molecule has 1 aliphatic carbocycles. The van der Waals surface area contributed by atoms with Crippen LogP contribution in [-0.4, -0.2) is 59.4 Å². The molecule has 3 aromatic rings. The fourth-order valence-corrected chi connectivity index (χ4v) is 6.83. The van der Waals surface area contributed by atoms with Crippen LogP contribution in [0, 0.1) is 6.92 Å². The van der Waals surface area contributed by atoms with Crippen molar-refractivity contribution in [1.29, 1.82) is 0 Å². The summed E-state index contributed by atoms with van der Waals surface area (Å²) in [5.41, 5.74) is 9.15. The van der Waals surface area contributed by atoms with Gasteiger partial charge in [0.1, 0.15) is 11.8 Å². The van der Waals surface area contributed by atoms with Crippen molar-refractivity contribution in [2.75, 3.05) is 13.7 Å². The second kappa shape index (κ2) is 13.6. The molecule has 3 N–H and O–H groups in total. The molecule has 7 nitrogen and oxygen atoms in total. The van der Waals surface area contributed by atoms with Crippen molar-refractivity contribution in [3.8, 4) is 5.75 Å². The van der Waals surface area contributed by atoms with E-state index >= 15 is 0 Å². The average molecular weight is 575 g/mol. The van der Waals surface area contributed by atoms with Gasteiger partial charge in [-0.2, -0.15) is 0 Å². The van der Waals surface area contributed by atoms with Crippen molar-refractivity contribution in [2.45, 2.75) is 82.7 Å². The molecule has 2 atom stereocenters. The van der Waals surface area contributed by atoms with E-state index in [0.717, 1.165) is 45.2 Å². The van der Waals surface area contributed by atoms with Crippen LogP contribution in [0.3, 0.4) is 0 Å². The van der Waals surface area contributed by atoms with E-state index in [-0.39, 0.29) is 29.9 Å². The number of nitrogens with two attached hydrogens (primary N) is 1. The number of amides is 2. The molecular weight excluding hydrogens is 532 g/mol. The molecule has 1 aliphatic heterocycles. The van der Waals surface area contributed by atoms with Crippen LogP contribution in [-0.2, 0) is 17.9 Å². The first kappa shape index (κ1) is 29.3. The molecule has 41 heavy (non-hydrogen) atoms. The van der Waals surface area contributed by atoms with Crippen LogP contribution < -0.4 is 15.8 Å². The molecule has 0 bridgehead atoms. The summed E-state index contributed by atoms with van der Waals surface area (Å²) in [6.07, 6.45) is 4.97. The van der Waals surface area contributed by atoms with Crippen molar-refractivity contribution in [1.82, 2.24) is 15.1 Å². The number of hydrogen-bond donors (Lipinski definition) is 2. The molecule has 2 fully saturated rings. The maximum absolute atomic E-state index is 13.9. The molecule has 2 aromatic carbocycles. The van der Waals surface area contributed by atoms with Gasteiger partial charge in [-0.25, -0.2) is 0 Å². The van der Waals surface area contributed by atoms with Gasteiger partial charge in [0.25, 0.3) is 5.91 Å². The number of likely N-dealkylation sites (tertiary alicyclic amines) is 1. The number of hydrogen-bond acceptors (Lipinski definition) is 6. The number of benzene rings is 2. The SMILES string of the molecule is COc1cccc(C(=O)N2CCC(N(Cc3ccc(C)cc3)Cc3cccs3)C[C@@H]2C(=O)NC2CCC(N)CC2)c1. The molecule has 218 valence electrons. The Kier molecular flexibility index (Phi) is 9.75. The van der Waals surface area contributed by atoms with Crippen LogP contribution >= 0.6 is 11.3 Å². The van der Waals surface area contributed by atoms with Gasteiger partial charge in [-0.15, -0.1) is 11.3 Å². The van der Waals surface area contributed by atoms with E-state index in [9.17, 15) is 9.59 Å². The minimum absolute atomic E-state index is 0.0576. The van der Waals surface area contributed by atoms with E-state index in [4.69, 9.17) is 10.5 Å². The normalized spacial score (nSPS) is 22.9. The first-order valence-electron chi connectivity index (χ1n) is 14.7. The molecule has 8 heteroatoms. The molecule has 2 amide bonds. The summed E-state index contributed by atoms with van der Waals surface area (Å²) < 4.78 is 5.37. The van der Waals surface area contributed by atoms with Gasteiger partial charge in [0.15, 0.2) is 0 Å². The van der Waals surface area contributed by atoms with Crippen molar-refractivity contribution in [3.05, 3.63) is 87.6 Å². The number of piperidine rings is 1. The molecule has 2 aliphatic rings. The van der Waals surface area contributed by atoms with Crippen LogP contribution in [0.2, 0.25) is 0 Å². The topological polar surface area (TPSA) is 87.9 Å². The molecule has 0 radical (unpaired) electrons. The lowest BCUT2D eigenvalue weighted by molar-refractivity contribution is -0.128. The Morgan fingerprint density at radius 1 is 1.02 bits per heavy atom. The third kappa shape index (κ3) is 7.56. The number of nitrogens with zero attached hydrogens (tertiary/aromatic N) is 2. The van der Waals surface area contributed by atoms with Crippen LogP contribution in [0.25, 0.3) is 0 Å². The first-order chi connectivity index (χ1) is 19.9. The fraction of sp³-hybridized carbons (Fsp3) is 0.455. The zero-order valence-corrected chi connectivity index (χ0v) is 24.9. The lowest BCUT2D eigenvalue weighted by Gasteiger charge is -2.43. The third-order valence-corrected chi connectivity index (χ3v) is 9.40. The van der Waals surface area contributed by atoms with Gasteiger partial charge in [0, 0.05) is 48.2 Å². The highest BCUT2D eigenvalue weighted by molar-refractivity contribution is 7.09. The maximum atomic E-state index is 13.9. The lowest BCUT2D eigenvalue weighted by atomic mass is 9.90. The highest BCUT2D eigenvalue weighted by atomic mass is 32.1. The van der Waals surface area contributed by atoms with Crippen molar-refractivity contribution < 1.29 is 14.3 Å². The second-order valence-electron chi connectivity index (χ2n) is 11.5. The zero-order chi connectivity index (χ0) is 28.8. The number of carbonyl (C=O) groups is 2. The highest BCUT2D eigenvalue weighted by Gasteiger charge is 2.39. The Labute approximate surface area is 247 Å². The number of thiophene rings is 1. The number of carbonyl (C=O) groups excluding carboxylic acids is 2. The average Bonchev–Trinajstić information content (AvgIpc) is 3.51. The number of ether oxygens (including phenoxy) is 1. The van der Waals surface area contributed by atoms with Gasteiger partial charge in [-0.3, -0.25) is 14.5 Å². The molecule has 1 aromatic heterocycles. The lowest BCUT2D eigenvalue weighted by Crippen LogP contribution is -2.58. The van der Waals surface area contributed by atoms with E-state index in [0.29, 0.717) is 24.3 Å². The monoisotopic (exact) mass is 574 g/mol. The number of rotatable bonds is 9. The third-order valence-electron chi connectivity index (χ3n) is 8.53. The Hall–Kier alpha value is -3.20. The van der Waals surface area contributed by atoms with E-state index in [1.807, 2.05) is 12.1 Å². The molecular formula is C33H42N4O3S. The minimum atomic E-state index is -0.549. The standard InChI is InChI=1S/C33H42N4O3S/c1-23-8-10-24(11-9-23)21-36(22-30-7-4-18-41-30)28-16-17-37(33(39)25-5-3-6-29(19-25)40-2)31(20-28)32(38)35-27-14-12-26(34)13-15-27/h3-11,18-19,26-28,31H,12-17,20-22,34H2,1-2H3,(H,35,38)/t26?,27?,28?,31-/m1/s1. The van der Waals surface area contributed by atoms with Gasteiger partial charge in [-0.05, 0) is 80.7 Å². The summed E-state index contributed by atoms with van der Waals surface area (Å²) in [7, 11) is 1.59. The van der Waals surface area contributed by atoms with Crippen LogP contribution in [0.5, 0.6) is 5.75 Å². The summed E-state index contributed by atoms with van der Waals surface area (Å²) in [6.45, 7) is 4.23. The Balaban J connectivity index is 1.39. The van der Waals surface area contributed by atoms with Crippen molar-refractivity contribution >= 4 is 23.2 Å². The van der Waals surface area contributed by atoms with Crippen molar-refractivity contribution in [3.63, 3.8) is 0 Å². The molecule has 1 saturated heterocycles. The zero-order valence-electron chi connectivity index (χ0n) is 24.1. The summed E-state index contributed by atoms with van der Waals surface area (Å²) in [5, 5.41) is 5.41. The Bertz CT molecular complexity index is 1290. The van der Waals surface area contributed by atoms with Gasteiger partial charge in [0.2, 0.25) is 5.91 Å². The van der Waals surface area contributed by atoms with E-state index in [1.165, 1.54) is 16.0 Å². The van der Waals surface area contributed by atoms with Crippen molar-refractivity contribution in [2.24, 2.45) is 5.73 Å². The quantitative estimate of drug-likeness (QED) is 0.370. The molecule has 1 unspecified atom stereocenters. The number of aryl methyl sites for hydroxylation is 1. The molecule has 5 rings (SSSR count). The fourth-order valence-electron chi connectivity index (χ4n) is 6.10. The summed E-state index contributed by atoms with van der Waals surface area (Å²) in [4.78, 5) is 33.3. The molecule has 1 saturated carbocycles. The van der Waals surface area contributed by atoms with Gasteiger partial charge >= 0.3 is 0 Å². The Morgan fingerprint density at radius 2 is 1.80 bits per heavy atom. The van der Waals surface area contributed by atoms with E-state index < -0.39 is 6.04 Å². The number of nitrogens with one attached hydrogen (secondary N) is 1. The highest BCUT2D eigenvalue weighted by Crippen LogP contribution is 2.29. The Morgan fingerprint density at radius 3 is 2.51 bits per heavy atom. The first-order valence-corrected chi connectivity index (χ1v) is 15.6. The smallest absolute Gasteiger partial charge is 0.254 e. The maximum Gasteiger partial charge on any atom is 0.254 e.